The van der Waals surface area contributed by atoms with Crippen molar-refractivity contribution < 1.29 is 0 Å². The Labute approximate surface area is 145 Å². The number of nitrogens with one attached hydrogen (secondary N) is 2. The number of piperidine rings is 1. The van der Waals surface area contributed by atoms with Gasteiger partial charge in [-0.3, -0.25) is 4.98 Å². The molecule has 0 saturated carbocycles. The molecule has 2 N–H and O–H groups in total. The molecule has 0 aliphatic carbocycles. The van der Waals surface area contributed by atoms with Crippen LogP contribution in [-0.4, -0.2) is 34.1 Å². The van der Waals surface area contributed by atoms with Crippen molar-refractivity contribution in [2.45, 2.75) is 25.8 Å². The Hall–Kier alpha value is -2.05. The SMILES string of the molecule is C[C@@H](Nc1nc(-c2ccccn2)nc2sccc12)C1CCNCC1. The average Bonchev–Trinajstić information content (AvgIpc) is 3.12. The van der Waals surface area contributed by atoms with Crippen molar-refractivity contribution in [1.82, 2.24) is 20.3 Å². The third-order valence-corrected chi connectivity index (χ3v) is 5.48. The Bertz CT molecular complexity index is 811. The van der Waals surface area contributed by atoms with E-state index in [9.17, 15) is 0 Å². The number of pyridine rings is 1. The second-order valence-electron chi connectivity index (χ2n) is 6.27. The normalized spacial score (nSPS) is 17.0. The Morgan fingerprint density at radius 1 is 1.21 bits per heavy atom. The molecular weight excluding hydrogens is 318 g/mol. The zero-order valence-electron chi connectivity index (χ0n) is 13.7. The molecule has 0 radical (unpaired) electrons. The van der Waals surface area contributed by atoms with E-state index in [-0.39, 0.29) is 0 Å². The second-order valence-corrected chi connectivity index (χ2v) is 7.17. The minimum atomic E-state index is 0.390. The highest BCUT2D eigenvalue weighted by molar-refractivity contribution is 7.16. The minimum absolute atomic E-state index is 0.390. The maximum absolute atomic E-state index is 4.78. The smallest absolute Gasteiger partial charge is 0.181 e. The molecule has 1 aliphatic heterocycles. The molecule has 0 spiro atoms. The number of anilines is 1. The van der Waals surface area contributed by atoms with Crippen LogP contribution in [0.5, 0.6) is 0 Å². The molecule has 124 valence electrons. The van der Waals surface area contributed by atoms with Crippen LogP contribution in [0.25, 0.3) is 21.7 Å². The summed E-state index contributed by atoms with van der Waals surface area (Å²) < 4.78 is 0. The number of thiophene rings is 1. The first-order valence-corrected chi connectivity index (χ1v) is 9.33. The van der Waals surface area contributed by atoms with Gasteiger partial charge in [-0.05, 0) is 62.4 Å². The van der Waals surface area contributed by atoms with Crippen molar-refractivity contribution in [3.8, 4) is 11.5 Å². The third kappa shape index (κ3) is 3.12. The third-order valence-electron chi connectivity index (χ3n) is 4.67. The Balaban J connectivity index is 1.67. The van der Waals surface area contributed by atoms with Crippen LogP contribution in [0.4, 0.5) is 5.82 Å². The molecule has 3 aromatic rings. The zero-order valence-corrected chi connectivity index (χ0v) is 14.5. The monoisotopic (exact) mass is 339 g/mol. The first-order valence-electron chi connectivity index (χ1n) is 8.45. The fraction of sp³-hybridized carbons (Fsp3) is 0.389. The summed E-state index contributed by atoms with van der Waals surface area (Å²) in [6, 6.07) is 8.32. The van der Waals surface area contributed by atoms with Gasteiger partial charge in [0.05, 0.1) is 5.39 Å². The molecule has 3 aromatic heterocycles. The molecule has 0 aromatic carbocycles. The van der Waals surface area contributed by atoms with Gasteiger partial charge in [-0.15, -0.1) is 11.3 Å². The van der Waals surface area contributed by atoms with Gasteiger partial charge in [0.25, 0.3) is 0 Å². The molecule has 5 nitrogen and oxygen atoms in total. The zero-order chi connectivity index (χ0) is 16.4. The van der Waals surface area contributed by atoms with Gasteiger partial charge < -0.3 is 10.6 Å². The van der Waals surface area contributed by atoms with Crippen LogP contribution in [0.3, 0.4) is 0 Å². The Kier molecular flexibility index (Phi) is 4.40. The van der Waals surface area contributed by atoms with Crippen molar-refractivity contribution in [3.63, 3.8) is 0 Å². The molecule has 4 rings (SSSR count). The van der Waals surface area contributed by atoms with Crippen molar-refractivity contribution in [1.29, 1.82) is 0 Å². The van der Waals surface area contributed by atoms with E-state index in [1.807, 2.05) is 18.2 Å². The summed E-state index contributed by atoms with van der Waals surface area (Å²) in [6.45, 7) is 4.47. The topological polar surface area (TPSA) is 62.7 Å². The van der Waals surface area contributed by atoms with E-state index in [1.54, 1.807) is 17.5 Å². The summed E-state index contributed by atoms with van der Waals surface area (Å²) in [5.41, 5.74) is 0.811. The van der Waals surface area contributed by atoms with Crippen LogP contribution < -0.4 is 10.6 Å². The van der Waals surface area contributed by atoms with Crippen molar-refractivity contribution in [2.24, 2.45) is 5.92 Å². The van der Waals surface area contributed by atoms with E-state index in [0.29, 0.717) is 17.8 Å². The molecule has 4 heterocycles. The van der Waals surface area contributed by atoms with Crippen LogP contribution in [0.1, 0.15) is 19.8 Å². The van der Waals surface area contributed by atoms with Crippen LogP contribution in [0.2, 0.25) is 0 Å². The van der Waals surface area contributed by atoms with Gasteiger partial charge in [0.2, 0.25) is 0 Å². The first-order chi connectivity index (χ1) is 11.8. The summed E-state index contributed by atoms with van der Waals surface area (Å²) in [4.78, 5) is 14.9. The minimum Gasteiger partial charge on any atom is -0.367 e. The van der Waals surface area contributed by atoms with E-state index in [0.717, 1.165) is 34.8 Å². The maximum atomic E-state index is 4.78. The quantitative estimate of drug-likeness (QED) is 0.761. The average molecular weight is 339 g/mol. The lowest BCUT2D eigenvalue weighted by atomic mass is 9.91. The largest absolute Gasteiger partial charge is 0.367 e. The highest BCUT2D eigenvalue weighted by Gasteiger charge is 2.21. The highest BCUT2D eigenvalue weighted by atomic mass is 32.1. The molecule has 0 bridgehead atoms. The Morgan fingerprint density at radius 2 is 2.08 bits per heavy atom. The predicted molar refractivity (Wildman–Crippen MR) is 99.3 cm³/mol. The fourth-order valence-corrected chi connectivity index (χ4v) is 4.02. The van der Waals surface area contributed by atoms with E-state index in [2.05, 4.69) is 39.0 Å². The number of hydrogen-bond donors (Lipinski definition) is 2. The van der Waals surface area contributed by atoms with Crippen LogP contribution in [-0.2, 0) is 0 Å². The van der Waals surface area contributed by atoms with E-state index < -0.39 is 0 Å². The maximum Gasteiger partial charge on any atom is 0.181 e. The number of hydrogen-bond acceptors (Lipinski definition) is 6. The predicted octanol–water partition coefficient (Wildman–Crippen LogP) is 3.55. The standard InChI is InChI=1S/C18H21N5S/c1-12(13-5-9-19-10-6-13)21-16-14-7-11-24-18(14)23-17(22-16)15-4-2-3-8-20-15/h2-4,7-8,11-13,19H,5-6,9-10H2,1H3,(H,21,22,23)/t12-/m1/s1. The van der Waals surface area contributed by atoms with Gasteiger partial charge >= 0.3 is 0 Å². The molecule has 1 saturated heterocycles. The molecule has 1 aliphatic rings. The van der Waals surface area contributed by atoms with Gasteiger partial charge in [-0.1, -0.05) is 6.07 Å². The molecule has 6 heteroatoms. The molecule has 0 amide bonds. The molecular formula is C18H21N5S. The van der Waals surface area contributed by atoms with Crippen molar-refractivity contribution >= 4 is 27.4 Å². The lowest BCUT2D eigenvalue weighted by Crippen LogP contribution is -2.36. The highest BCUT2D eigenvalue weighted by Crippen LogP contribution is 2.29. The van der Waals surface area contributed by atoms with Gasteiger partial charge in [0.1, 0.15) is 16.3 Å². The number of rotatable bonds is 4. The van der Waals surface area contributed by atoms with E-state index >= 15 is 0 Å². The first kappa shape index (κ1) is 15.5. The van der Waals surface area contributed by atoms with Gasteiger partial charge in [-0.25, -0.2) is 9.97 Å². The van der Waals surface area contributed by atoms with E-state index in [1.165, 1.54) is 12.8 Å². The number of nitrogens with zero attached hydrogens (tertiary/aromatic N) is 3. The van der Waals surface area contributed by atoms with Crippen molar-refractivity contribution in [3.05, 3.63) is 35.8 Å². The fourth-order valence-electron chi connectivity index (χ4n) is 3.25. The molecule has 1 fully saturated rings. The molecule has 1 atom stereocenters. The van der Waals surface area contributed by atoms with Gasteiger partial charge in [0.15, 0.2) is 5.82 Å². The van der Waals surface area contributed by atoms with Crippen LogP contribution in [0, 0.1) is 5.92 Å². The summed E-state index contributed by atoms with van der Waals surface area (Å²) in [5, 5.41) is 10.2. The van der Waals surface area contributed by atoms with Crippen molar-refractivity contribution in [2.75, 3.05) is 18.4 Å². The number of fused-ring (bicyclic) bond motifs is 1. The summed E-state index contributed by atoms with van der Waals surface area (Å²) in [6.07, 6.45) is 4.19. The van der Waals surface area contributed by atoms with Crippen LogP contribution in [0.15, 0.2) is 35.8 Å². The van der Waals surface area contributed by atoms with E-state index in [4.69, 9.17) is 4.98 Å². The second kappa shape index (κ2) is 6.83. The van der Waals surface area contributed by atoms with Gasteiger partial charge in [0, 0.05) is 12.2 Å². The lowest BCUT2D eigenvalue weighted by Gasteiger charge is -2.29. The summed E-state index contributed by atoms with van der Waals surface area (Å²) in [7, 11) is 0. The summed E-state index contributed by atoms with van der Waals surface area (Å²) in [5.74, 6) is 2.28. The Morgan fingerprint density at radius 3 is 2.88 bits per heavy atom. The van der Waals surface area contributed by atoms with Crippen LogP contribution >= 0.6 is 11.3 Å². The lowest BCUT2D eigenvalue weighted by molar-refractivity contribution is 0.343. The van der Waals surface area contributed by atoms with Gasteiger partial charge in [-0.2, -0.15) is 0 Å². The number of aromatic nitrogens is 3. The molecule has 0 unspecified atom stereocenters. The molecule has 24 heavy (non-hydrogen) atoms. The summed E-state index contributed by atoms with van der Waals surface area (Å²) >= 11 is 1.64.